The van der Waals surface area contributed by atoms with Crippen LogP contribution in [0.3, 0.4) is 0 Å². The number of carbonyl (C=O) groups is 3. The highest BCUT2D eigenvalue weighted by Crippen LogP contribution is 2.45. The minimum Gasteiger partial charge on any atom is -0.459 e. The van der Waals surface area contributed by atoms with E-state index in [0.717, 1.165) is 0 Å². The maximum atomic E-state index is 14.8. The number of alkyl halides is 1. The van der Waals surface area contributed by atoms with Gasteiger partial charge in [-0.1, -0.05) is 45.0 Å². The molecule has 0 spiro atoms. The molecule has 0 bridgehead atoms. The van der Waals surface area contributed by atoms with Crippen molar-refractivity contribution < 1.29 is 67.6 Å². The first-order chi connectivity index (χ1) is 35.1. The molecule has 0 saturated carbocycles. The molecule has 0 aliphatic carbocycles. The van der Waals surface area contributed by atoms with Gasteiger partial charge in [-0.15, -0.1) is 5.10 Å². The number of benzene rings is 1. The zero-order chi connectivity index (χ0) is 55.9. The van der Waals surface area contributed by atoms with E-state index in [2.05, 4.69) is 20.5 Å². The van der Waals surface area contributed by atoms with Gasteiger partial charge in [-0.05, 0) is 104 Å². The number of ether oxygens (including phenoxy) is 6. The number of aliphatic hydroxyl groups is 4. The van der Waals surface area contributed by atoms with Crippen molar-refractivity contribution >= 4 is 17.8 Å². The maximum Gasteiger partial charge on any atom is 0.309 e. The molecular formula is C54H90FN7O13. The number of halogens is 1. The maximum absolute atomic E-state index is 14.8. The molecule has 1 aromatic carbocycles. The summed E-state index contributed by atoms with van der Waals surface area (Å²) >= 11 is 0. The monoisotopic (exact) mass is 1060 g/mol. The van der Waals surface area contributed by atoms with Crippen LogP contribution in [-0.4, -0.2) is 196 Å². The lowest BCUT2D eigenvalue weighted by molar-refractivity contribution is -0.275. The van der Waals surface area contributed by atoms with E-state index in [1.807, 2.05) is 53.6 Å². The van der Waals surface area contributed by atoms with Crippen LogP contribution in [0, 0.1) is 23.7 Å². The van der Waals surface area contributed by atoms with Crippen molar-refractivity contribution in [2.75, 3.05) is 54.6 Å². The molecule has 75 heavy (non-hydrogen) atoms. The first kappa shape index (κ1) is 62.1. The molecule has 21 heteroatoms. The minimum absolute atomic E-state index is 0.0380. The number of hydrogen-bond acceptors (Lipinski definition) is 17. The third kappa shape index (κ3) is 14.9. The Balaban J connectivity index is 1.40. The van der Waals surface area contributed by atoms with Gasteiger partial charge in [-0.3, -0.25) is 14.4 Å². The third-order valence-electron chi connectivity index (χ3n) is 16.7. The normalized spacial score (nSPS) is 37.7. The number of methoxy groups -OCH3 is 2. The van der Waals surface area contributed by atoms with Gasteiger partial charge < -0.3 is 69.7 Å². The average molecular weight is 1060 g/mol. The number of cyclic esters (lactones) is 1. The molecular weight excluding hydrogens is 974 g/mol. The number of nitrogens with two attached hydrogens (primary N) is 1. The van der Waals surface area contributed by atoms with Crippen LogP contribution >= 0.6 is 0 Å². The molecule has 3 aliphatic rings. The molecule has 4 heterocycles. The Hall–Kier alpha value is -3.74. The average Bonchev–Trinajstić information content (AvgIpc) is 3.83. The highest BCUT2D eigenvalue weighted by atomic mass is 19.1. The van der Waals surface area contributed by atoms with E-state index in [1.54, 1.807) is 58.2 Å². The number of primary amides is 1. The summed E-state index contributed by atoms with van der Waals surface area (Å²) in [6, 6.07) is 4.98. The van der Waals surface area contributed by atoms with Crippen LogP contribution in [0.15, 0.2) is 30.5 Å². The Morgan fingerprint density at radius 1 is 1.01 bits per heavy atom. The van der Waals surface area contributed by atoms with Crippen molar-refractivity contribution in [2.45, 2.75) is 198 Å². The van der Waals surface area contributed by atoms with Crippen molar-refractivity contribution in [3.05, 3.63) is 47.3 Å². The van der Waals surface area contributed by atoms with Gasteiger partial charge in [-0.2, -0.15) is 0 Å². The summed E-state index contributed by atoms with van der Waals surface area (Å²) in [5.41, 5.74) is 2.32. The van der Waals surface area contributed by atoms with E-state index >= 15 is 0 Å². The fourth-order valence-corrected chi connectivity index (χ4v) is 12.1. The van der Waals surface area contributed by atoms with Gasteiger partial charge >= 0.3 is 5.97 Å². The Labute approximate surface area is 443 Å². The van der Waals surface area contributed by atoms with E-state index in [4.69, 9.17) is 34.2 Å². The van der Waals surface area contributed by atoms with Gasteiger partial charge in [0.15, 0.2) is 6.29 Å². The molecule has 2 amide bonds. The second kappa shape index (κ2) is 26.3. The largest absolute Gasteiger partial charge is 0.459 e. The topological polar surface area (TPSA) is 263 Å². The molecule has 2 aromatic rings. The number of nitrogens with one attached hydrogen (secondary N) is 1. The number of aliphatic hydroxyl groups excluding tert-OH is 2. The fraction of sp³-hybridized carbons (Fsp3) is 0.796. The zero-order valence-electron chi connectivity index (χ0n) is 46.8. The van der Waals surface area contributed by atoms with Gasteiger partial charge in [0.1, 0.15) is 42.7 Å². The fourth-order valence-electron chi connectivity index (χ4n) is 12.1. The molecule has 3 aliphatic heterocycles. The van der Waals surface area contributed by atoms with E-state index in [9.17, 15) is 39.2 Å². The quantitative estimate of drug-likeness (QED) is 0.124. The number of carbonyl (C=O) groups excluding carboxylic acids is 3. The van der Waals surface area contributed by atoms with Crippen molar-refractivity contribution in [2.24, 2.45) is 29.4 Å². The molecule has 3 saturated heterocycles. The number of esters is 1. The molecule has 7 N–H and O–H groups in total. The second-order valence-electron chi connectivity index (χ2n) is 22.7. The first-order valence-corrected chi connectivity index (χ1v) is 26.7. The van der Waals surface area contributed by atoms with Gasteiger partial charge in [0.25, 0.3) is 5.91 Å². The molecule has 20 nitrogen and oxygen atoms in total. The van der Waals surface area contributed by atoms with Crippen LogP contribution < -0.4 is 11.1 Å². The third-order valence-corrected chi connectivity index (χ3v) is 16.7. The standard InChI is InChI=1S/C54H90FN7O13/c1-15-42-54(10,69)47(64)34(6)61(12)28-30(2)24-52(8,68)49(32(4)45(33(5)51(67)74-42)41-25-53(9,71-14)48(65)35(7)73-41)75-44-23-39(22-31(3)72-44)60(11)21-20-38-29-62(59-58-38)40(26-55)46(70-13)36-16-18-37(19-17-36)50(66)57-27-43(56)63/h16-19,29-35,39-42,44-49,64-65,68-69H,15,20-28H2,1-14H3,(H2,56,63)(H,57,66)/t30-,31-,32+,33-,34-,35+,39+,40-,41?,42-,44+,45+,46-,47-,48+,49-,52-,53-,54-/m1/s1. The van der Waals surface area contributed by atoms with Crippen LogP contribution in [0.2, 0.25) is 0 Å². The Morgan fingerprint density at radius 2 is 1.68 bits per heavy atom. The van der Waals surface area contributed by atoms with Gasteiger partial charge in [-0.25, -0.2) is 9.07 Å². The summed E-state index contributed by atoms with van der Waals surface area (Å²) in [6.07, 6.45) is -3.45. The lowest BCUT2D eigenvalue weighted by atomic mass is 9.68. The second-order valence-corrected chi connectivity index (χ2v) is 22.7. The molecule has 426 valence electrons. The molecule has 0 radical (unpaired) electrons. The van der Waals surface area contributed by atoms with Crippen molar-refractivity contribution in [3.63, 3.8) is 0 Å². The molecule has 1 unspecified atom stereocenters. The SMILES string of the molecule is CC[C@H]1OC(=O)[C@H](C)[C@@H](C2C[C@@](C)(OC)[C@@H](O)[C@H](C)O2)[C@H](C)[C@@H](O[C@H]2C[C@@H](N(C)CCc3cn([C@H](CF)[C@H](OC)c4ccc(C(=O)NCC(N)=O)cc4)nn3)C[C@@H](C)O2)[C@](C)(O)C[C@@H](C)CN(C)[C@H](C)[C@@H](O)[C@]1(C)O. The summed E-state index contributed by atoms with van der Waals surface area (Å²) < 4.78 is 54.5. The highest BCUT2D eigenvalue weighted by molar-refractivity contribution is 5.96. The van der Waals surface area contributed by atoms with E-state index in [0.29, 0.717) is 49.2 Å². The number of nitrogens with zero attached hydrogens (tertiary/aromatic N) is 5. The van der Waals surface area contributed by atoms with Crippen molar-refractivity contribution in [3.8, 4) is 0 Å². The number of aromatic nitrogens is 3. The smallest absolute Gasteiger partial charge is 0.309 e. The lowest BCUT2D eigenvalue weighted by Gasteiger charge is -2.51. The van der Waals surface area contributed by atoms with Crippen LogP contribution in [0.4, 0.5) is 4.39 Å². The molecule has 3 fully saturated rings. The van der Waals surface area contributed by atoms with E-state index in [1.165, 1.54) is 25.8 Å². The van der Waals surface area contributed by atoms with Crippen LogP contribution in [0.25, 0.3) is 0 Å². The van der Waals surface area contributed by atoms with Gasteiger partial charge in [0.05, 0.1) is 53.8 Å². The number of rotatable bonds is 17. The minimum atomic E-state index is -1.81. The van der Waals surface area contributed by atoms with E-state index in [-0.39, 0.29) is 43.9 Å². The highest BCUT2D eigenvalue weighted by Gasteiger charge is 2.54. The van der Waals surface area contributed by atoms with Gasteiger partial charge in [0.2, 0.25) is 5.91 Å². The summed E-state index contributed by atoms with van der Waals surface area (Å²) in [6.45, 7) is 18.0. The van der Waals surface area contributed by atoms with E-state index < -0.39 is 120 Å². The number of hydrogen-bond donors (Lipinski definition) is 6. The predicted octanol–water partition coefficient (Wildman–Crippen LogP) is 3.52. The Kier molecular flexibility index (Phi) is 21.8. The molecule has 1 aromatic heterocycles. The van der Waals surface area contributed by atoms with Gasteiger partial charge in [0, 0.05) is 76.3 Å². The summed E-state index contributed by atoms with van der Waals surface area (Å²) in [4.78, 5) is 42.4. The van der Waals surface area contributed by atoms with Crippen LogP contribution in [0.1, 0.15) is 135 Å². The summed E-state index contributed by atoms with van der Waals surface area (Å²) in [5, 5.41) is 59.0. The zero-order valence-corrected chi connectivity index (χ0v) is 46.8. The van der Waals surface area contributed by atoms with Crippen molar-refractivity contribution in [1.29, 1.82) is 0 Å². The van der Waals surface area contributed by atoms with Crippen LogP contribution in [-0.2, 0) is 44.4 Å². The van der Waals surface area contributed by atoms with Crippen LogP contribution in [0.5, 0.6) is 0 Å². The van der Waals surface area contributed by atoms with Crippen molar-refractivity contribution in [1.82, 2.24) is 30.1 Å². The summed E-state index contributed by atoms with van der Waals surface area (Å²) in [5.74, 6) is -4.10. The molecule has 19 atom stereocenters. The molecule has 5 rings (SSSR count). The Bertz CT molecular complexity index is 2150. The first-order valence-electron chi connectivity index (χ1n) is 26.7. The number of amides is 2. The Morgan fingerprint density at radius 3 is 2.28 bits per heavy atom. The predicted molar refractivity (Wildman–Crippen MR) is 277 cm³/mol. The summed E-state index contributed by atoms with van der Waals surface area (Å²) in [7, 11) is 6.88. The lowest BCUT2D eigenvalue weighted by Crippen LogP contribution is -2.61. The number of likely N-dealkylation sites (N-methyl/N-ethyl adjacent to an activating group) is 2.